The number of hydrogen-bond donors (Lipinski definition) is 2. The van der Waals surface area contributed by atoms with Crippen molar-refractivity contribution in [1.29, 1.82) is 0 Å². The fourth-order valence-electron chi connectivity index (χ4n) is 2.05. The van der Waals surface area contributed by atoms with Gasteiger partial charge in [0.1, 0.15) is 0 Å². The minimum atomic E-state index is -0.747. The summed E-state index contributed by atoms with van der Waals surface area (Å²) in [7, 11) is 4.06. The Balaban J connectivity index is 4.31. The molecule has 102 valence electrons. The normalized spacial score (nSPS) is 17.0. The van der Waals surface area contributed by atoms with Gasteiger partial charge in [-0.2, -0.15) is 0 Å². The van der Waals surface area contributed by atoms with Crippen LogP contribution >= 0.6 is 0 Å². The van der Waals surface area contributed by atoms with Gasteiger partial charge in [-0.05, 0) is 33.4 Å². The summed E-state index contributed by atoms with van der Waals surface area (Å²) in [5.41, 5.74) is 5.24. The zero-order chi connectivity index (χ0) is 13.6. The molecule has 0 saturated carbocycles. The molecule has 0 aromatic carbocycles. The van der Waals surface area contributed by atoms with Gasteiger partial charge in [0.2, 0.25) is 5.91 Å². The Labute approximate surface area is 106 Å². The van der Waals surface area contributed by atoms with Crippen LogP contribution in [0.2, 0.25) is 0 Å². The molecular formula is C13H29N3O. The van der Waals surface area contributed by atoms with E-state index in [1.54, 1.807) is 6.92 Å². The topological polar surface area (TPSA) is 58.4 Å². The summed E-state index contributed by atoms with van der Waals surface area (Å²) in [5, 5.41) is 2.96. The van der Waals surface area contributed by atoms with E-state index in [2.05, 4.69) is 24.1 Å². The van der Waals surface area contributed by atoms with Crippen molar-refractivity contribution in [2.45, 2.75) is 52.1 Å². The Bertz CT molecular complexity index is 229. The van der Waals surface area contributed by atoms with Gasteiger partial charge in [0, 0.05) is 12.6 Å². The van der Waals surface area contributed by atoms with E-state index in [1.807, 2.05) is 21.0 Å². The lowest BCUT2D eigenvalue weighted by atomic mass is 9.96. The van der Waals surface area contributed by atoms with Crippen molar-refractivity contribution < 1.29 is 4.79 Å². The van der Waals surface area contributed by atoms with E-state index in [0.29, 0.717) is 24.9 Å². The Kier molecular flexibility index (Phi) is 6.72. The van der Waals surface area contributed by atoms with Crippen molar-refractivity contribution >= 4 is 5.91 Å². The molecule has 0 aliphatic heterocycles. The number of carbonyl (C=O) groups is 1. The molecule has 17 heavy (non-hydrogen) atoms. The Hall–Kier alpha value is -0.610. The van der Waals surface area contributed by atoms with E-state index < -0.39 is 5.54 Å². The first kappa shape index (κ1) is 16.4. The van der Waals surface area contributed by atoms with Crippen molar-refractivity contribution in [1.82, 2.24) is 10.2 Å². The number of rotatable bonds is 7. The van der Waals surface area contributed by atoms with Crippen LogP contribution in [-0.4, -0.2) is 43.0 Å². The number of nitrogens with one attached hydrogen (secondary N) is 1. The molecular weight excluding hydrogens is 214 g/mol. The monoisotopic (exact) mass is 243 g/mol. The van der Waals surface area contributed by atoms with E-state index in [9.17, 15) is 4.79 Å². The highest BCUT2D eigenvalue weighted by molar-refractivity contribution is 5.85. The fourth-order valence-corrected chi connectivity index (χ4v) is 2.05. The molecule has 0 spiro atoms. The first-order chi connectivity index (χ1) is 7.72. The first-order valence-electron chi connectivity index (χ1n) is 6.46. The predicted molar refractivity (Wildman–Crippen MR) is 72.8 cm³/mol. The van der Waals surface area contributed by atoms with Crippen LogP contribution in [0, 0.1) is 5.92 Å². The van der Waals surface area contributed by atoms with Crippen LogP contribution in [0.15, 0.2) is 0 Å². The smallest absolute Gasteiger partial charge is 0.239 e. The van der Waals surface area contributed by atoms with Crippen LogP contribution in [0.4, 0.5) is 0 Å². The molecule has 0 rings (SSSR count). The molecule has 0 radical (unpaired) electrons. The molecule has 1 amide bonds. The number of nitrogens with two attached hydrogens (primary N) is 1. The van der Waals surface area contributed by atoms with Gasteiger partial charge >= 0.3 is 0 Å². The summed E-state index contributed by atoms with van der Waals surface area (Å²) in [5.74, 6) is 0.451. The lowest BCUT2D eigenvalue weighted by Gasteiger charge is -2.30. The second-order valence-electron chi connectivity index (χ2n) is 5.65. The van der Waals surface area contributed by atoms with Crippen LogP contribution < -0.4 is 11.1 Å². The van der Waals surface area contributed by atoms with Crippen LogP contribution in [0.3, 0.4) is 0 Å². The fraction of sp³-hybridized carbons (Fsp3) is 0.923. The van der Waals surface area contributed by atoms with Gasteiger partial charge in [0.25, 0.3) is 0 Å². The SMILES string of the molecule is CCCC(C)(N)C(=O)NCC(C(C)C)N(C)C. The highest BCUT2D eigenvalue weighted by Gasteiger charge is 2.28. The average Bonchev–Trinajstić information content (AvgIpc) is 2.16. The maximum Gasteiger partial charge on any atom is 0.239 e. The molecule has 0 bridgehead atoms. The van der Waals surface area contributed by atoms with Crippen molar-refractivity contribution in [3.8, 4) is 0 Å². The highest BCUT2D eigenvalue weighted by Crippen LogP contribution is 2.10. The number of hydrogen-bond acceptors (Lipinski definition) is 3. The third-order valence-corrected chi connectivity index (χ3v) is 3.19. The second kappa shape index (κ2) is 6.97. The molecule has 2 atom stereocenters. The molecule has 4 heteroatoms. The minimum absolute atomic E-state index is 0.0492. The van der Waals surface area contributed by atoms with Gasteiger partial charge in [0.15, 0.2) is 0 Å². The maximum atomic E-state index is 11.9. The van der Waals surface area contributed by atoms with Crippen molar-refractivity contribution in [3.05, 3.63) is 0 Å². The standard InChI is InChI=1S/C13H29N3O/c1-7-8-13(4,14)12(17)15-9-11(10(2)3)16(5)6/h10-11H,7-9,14H2,1-6H3,(H,15,17). The summed E-state index contributed by atoms with van der Waals surface area (Å²) in [6.07, 6.45) is 1.63. The van der Waals surface area contributed by atoms with Gasteiger partial charge in [-0.15, -0.1) is 0 Å². The van der Waals surface area contributed by atoms with Crippen LogP contribution in [0.25, 0.3) is 0 Å². The van der Waals surface area contributed by atoms with E-state index in [0.717, 1.165) is 6.42 Å². The molecule has 0 saturated heterocycles. The van der Waals surface area contributed by atoms with E-state index >= 15 is 0 Å². The Morgan fingerprint density at radius 1 is 1.41 bits per heavy atom. The summed E-state index contributed by atoms with van der Waals surface area (Å²) in [4.78, 5) is 14.1. The first-order valence-corrected chi connectivity index (χ1v) is 6.46. The van der Waals surface area contributed by atoms with E-state index in [1.165, 1.54) is 0 Å². The van der Waals surface area contributed by atoms with Crippen molar-refractivity contribution in [2.24, 2.45) is 11.7 Å². The number of nitrogens with zero attached hydrogens (tertiary/aromatic N) is 1. The summed E-state index contributed by atoms with van der Waals surface area (Å²) in [6, 6.07) is 0.344. The minimum Gasteiger partial charge on any atom is -0.353 e. The summed E-state index contributed by atoms with van der Waals surface area (Å²) in [6.45, 7) is 8.80. The predicted octanol–water partition coefficient (Wildman–Crippen LogP) is 1.21. The number of carbonyl (C=O) groups excluding carboxylic acids is 1. The maximum absolute atomic E-state index is 11.9. The van der Waals surface area contributed by atoms with Crippen molar-refractivity contribution in [3.63, 3.8) is 0 Å². The zero-order valence-electron chi connectivity index (χ0n) is 12.2. The van der Waals surface area contributed by atoms with Gasteiger partial charge in [-0.1, -0.05) is 27.2 Å². The average molecular weight is 243 g/mol. The lowest BCUT2D eigenvalue weighted by Crippen LogP contribution is -2.54. The molecule has 0 aliphatic carbocycles. The zero-order valence-corrected chi connectivity index (χ0v) is 12.2. The molecule has 0 fully saturated rings. The molecule has 4 nitrogen and oxygen atoms in total. The largest absolute Gasteiger partial charge is 0.353 e. The van der Waals surface area contributed by atoms with Crippen LogP contribution in [0.1, 0.15) is 40.5 Å². The van der Waals surface area contributed by atoms with E-state index in [-0.39, 0.29) is 5.91 Å². The van der Waals surface area contributed by atoms with Crippen LogP contribution in [0.5, 0.6) is 0 Å². The Morgan fingerprint density at radius 3 is 2.29 bits per heavy atom. The second-order valence-corrected chi connectivity index (χ2v) is 5.65. The Morgan fingerprint density at radius 2 is 1.94 bits per heavy atom. The van der Waals surface area contributed by atoms with Crippen LogP contribution in [-0.2, 0) is 4.79 Å². The number of amides is 1. The van der Waals surface area contributed by atoms with Gasteiger partial charge in [-0.3, -0.25) is 4.79 Å². The highest BCUT2D eigenvalue weighted by atomic mass is 16.2. The molecule has 0 aromatic heterocycles. The molecule has 0 aliphatic rings. The van der Waals surface area contributed by atoms with Gasteiger partial charge < -0.3 is 16.0 Å². The summed E-state index contributed by atoms with van der Waals surface area (Å²) >= 11 is 0. The van der Waals surface area contributed by atoms with Gasteiger partial charge in [0.05, 0.1) is 5.54 Å². The molecule has 0 heterocycles. The molecule has 2 unspecified atom stereocenters. The van der Waals surface area contributed by atoms with Gasteiger partial charge in [-0.25, -0.2) is 0 Å². The summed E-state index contributed by atoms with van der Waals surface area (Å²) < 4.78 is 0. The quantitative estimate of drug-likeness (QED) is 0.706. The molecule has 3 N–H and O–H groups in total. The van der Waals surface area contributed by atoms with E-state index in [4.69, 9.17) is 5.73 Å². The molecule has 0 aromatic rings. The van der Waals surface area contributed by atoms with Crippen molar-refractivity contribution in [2.75, 3.05) is 20.6 Å². The third-order valence-electron chi connectivity index (χ3n) is 3.19. The third kappa shape index (κ3) is 5.50. The number of likely N-dealkylation sites (N-methyl/N-ethyl adjacent to an activating group) is 1. The lowest BCUT2D eigenvalue weighted by molar-refractivity contribution is -0.126.